The van der Waals surface area contributed by atoms with Crippen LogP contribution in [0.25, 0.3) is 0 Å². The summed E-state index contributed by atoms with van der Waals surface area (Å²) in [7, 11) is 0. The normalized spacial score (nSPS) is 9.93. The summed E-state index contributed by atoms with van der Waals surface area (Å²) in [6.45, 7) is 0. The summed E-state index contributed by atoms with van der Waals surface area (Å²) >= 11 is 1.62. The highest BCUT2D eigenvalue weighted by atomic mass is 32.2. The van der Waals surface area contributed by atoms with Crippen LogP contribution in [-0.2, 0) is 0 Å². The van der Waals surface area contributed by atoms with Crippen molar-refractivity contribution >= 4 is 17.4 Å². The molecule has 2 rings (SSSR count). The van der Waals surface area contributed by atoms with Crippen LogP contribution in [0.1, 0.15) is 0 Å². The molecule has 0 saturated carbocycles. The van der Waals surface area contributed by atoms with Gasteiger partial charge in [-0.1, -0.05) is 42.1 Å². The molecule has 76 valence electrons. The lowest BCUT2D eigenvalue weighted by molar-refractivity contribution is 0.387. The maximum Gasteiger partial charge on any atom is 0.0741 e. The predicted molar refractivity (Wildman–Crippen MR) is 62.4 cm³/mol. The number of para-hydroxylation sites is 1. The van der Waals surface area contributed by atoms with Crippen LogP contribution in [0, 0.1) is 0 Å². The van der Waals surface area contributed by atoms with Crippen LogP contribution in [0.4, 0.5) is 5.69 Å². The third-order valence-corrected chi connectivity index (χ3v) is 3.06. The van der Waals surface area contributed by atoms with E-state index >= 15 is 0 Å². The maximum atomic E-state index is 8.93. The van der Waals surface area contributed by atoms with Crippen LogP contribution < -0.4 is 5.48 Å². The van der Waals surface area contributed by atoms with E-state index in [0.717, 1.165) is 15.5 Å². The van der Waals surface area contributed by atoms with Gasteiger partial charge in [0, 0.05) is 9.79 Å². The Morgan fingerprint density at radius 3 is 2.27 bits per heavy atom. The lowest BCUT2D eigenvalue weighted by atomic mass is 10.3. The van der Waals surface area contributed by atoms with E-state index in [1.54, 1.807) is 11.8 Å². The third kappa shape index (κ3) is 2.52. The molecule has 0 aliphatic carbocycles. The smallest absolute Gasteiger partial charge is 0.0741 e. The highest BCUT2D eigenvalue weighted by Gasteiger charge is 2.01. The summed E-state index contributed by atoms with van der Waals surface area (Å²) < 4.78 is 0. The van der Waals surface area contributed by atoms with Gasteiger partial charge in [-0.3, -0.25) is 10.7 Å². The largest absolute Gasteiger partial charge is 0.291 e. The summed E-state index contributed by atoms with van der Waals surface area (Å²) in [5.41, 5.74) is 2.92. The van der Waals surface area contributed by atoms with E-state index in [9.17, 15) is 0 Å². The van der Waals surface area contributed by atoms with Gasteiger partial charge in [0.05, 0.1) is 5.69 Å². The standard InChI is InChI=1S/C12H11NOS/c14-13-11-8-4-5-9-12(11)15-10-6-2-1-3-7-10/h1-9,13-14H. The van der Waals surface area contributed by atoms with Crippen LogP contribution in [0.3, 0.4) is 0 Å². The summed E-state index contributed by atoms with van der Waals surface area (Å²) in [5, 5.41) is 8.93. The summed E-state index contributed by atoms with van der Waals surface area (Å²) in [6.07, 6.45) is 0. The van der Waals surface area contributed by atoms with Crippen molar-refractivity contribution in [3.63, 3.8) is 0 Å². The Bertz CT molecular complexity index is 431. The molecule has 0 atom stereocenters. The molecular formula is C12H11NOS. The fourth-order valence-electron chi connectivity index (χ4n) is 1.26. The van der Waals surface area contributed by atoms with E-state index < -0.39 is 0 Å². The van der Waals surface area contributed by atoms with Gasteiger partial charge < -0.3 is 0 Å². The van der Waals surface area contributed by atoms with Crippen molar-refractivity contribution in [3.8, 4) is 0 Å². The highest BCUT2D eigenvalue weighted by molar-refractivity contribution is 7.99. The first-order valence-corrected chi connectivity index (χ1v) is 5.44. The lowest BCUT2D eigenvalue weighted by Gasteiger charge is -2.06. The number of rotatable bonds is 3. The summed E-state index contributed by atoms with van der Waals surface area (Å²) in [5.74, 6) is 0. The lowest BCUT2D eigenvalue weighted by Crippen LogP contribution is -1.90. The van der Waals surface area contributed by atoms with Gasteiger partial charge >= 0.3 is 0 Å². The highest BCUT2D eigenvalue weighted by Crippen LogP contribution is 2.32. The molecular weight excluding hydrogens is 206 g/mol. The van der Waals surface area contributed by atoms with E-state index in [2.05, 4.69) is 5.48 Å². The molecule has 0 heterocycles. The molecule has 0 fully saturated rings. The Morgan fingerprint density at radius 2 is 1.53 bits per heavy atom. The molecule has 0 aromatic heterocycles. The Kier molecular flexibility index (Phi) is 3.27. The molecule has 0 aliphatic rings. The van der Waals surface area contributed by atoms with E-state index in [1.165, 1.54) is 0 Å². The monoisotopic (exact) mass is 217 g/mol. The zero-order valence-electron chi connectivity index (χ0n) is 8.05. The number of hydrogen-bond donors (Lipinski definition) is 2. The number of benzene rings is 2. The Morgan fingerprint density at radius 1 is 0.867 bits per heavy atom. The molecule has 2 N–H and O–H groups in total. The van der Waals surface area contributed by atoms with Gasteiger partial charge in [-0.15, -0.1) is 0 Å². The number of nitrogens with one attached hydrogen (secondary N) is 1. The van der Waals surface area contributed by atoms with Gasteiger partial charge in [0.2, 0.25) is 0 Å². The molecule has 0 unspecified atom stereocenters. The Hall–Kier alpha value is -1.45. The molecule has 0 amide bonds. The minimum Gasteiger partial charge on any atom is -0.291 e. The van der Waals surface area contributed by atoms with Crippen LogP contribution in [0.2, 0.25) is 0 Å². The first-order valence-electron chi connectivity index (χ1n) is 4.62. The van der Waals surface area contributed by atoms with Crippen LogP contribution in [0.15, 0.2) is 64.4 Å². The van der Waals surface area contributed by atoms with Crippen LogP contribution in [0.5, 0.6) is 0 Å². The second-order valence-corrected chi connectivity index (χ2v) is 4.14. The molecule has 0 radical (unpaired) electrons. The van der Waals surface area contributed by atoms with Crippen molar-refractivity contribution < 1.29 is 5.21 Å². The van der Waals surface area contributed by atoms with Gasteiger partial charge in [0.15, 0.2) is 0 Å². The molecule has 0 bridgehead atoms. The first kappa shape index (κ1) is 10.1. The van der Waals surface area contributed by atoms with E-state index in [0.29, 0.717) is 0 Å². The average Bonchev–Trinajstić information content (AvgIpc) is 2.31. The second-order valence-electron chi connectivity index (χ2n) is 3.02. The van der Waals surface area contributed by atoms with Crippen LogP contribution in [-0.4, -0.2) is 5.21 Å². The topological polar surface area (TPSA) is 32.3 Å². The Labute approximate surface area is 92.9 Å². The quantitative estimate of drug-likeness (QED) is 0.770. The van der Waals surface area contributed by atoms with E-state index in [1.807, 2.05) is 54.6 Å². The van der Waals surface area contributed by atoms with E-state index in [4.69, 9.17) is 5.21 Å². The van der Waals surface area contributed by atoms with Gasteiger partial charge in [-0.05, 0) is 24.3 Å². The molecule has 0 aliphatic heterocycles. The van der Waals surface area contributed by atoms with Crippen molar-refractivity contribution in [1.29, 1.82) is 0 Å². The first-order chi connectivity index (χ1) is 7.40. The molecule has 2 aromatic carbocycles. The maximum absolute atomic E-state index is 8.93. The molecule has 15 heavy (non-hydrogen) atoms. The van der Waals surface area contributed by atoms with Gasteiger partial charge in [0.1, 0.15) is 0 Å². The molecule has 2 aromatic rings. The van der Waals surface area contributed by atoms with Crippen molar-refractivity contribution in [2.45, 2.75) is 9.79 Å². The fourth-order valence-corrected chi connectivity index (χ4v) is 2.18. The SMILES string of the molecule is ONc1ccccc1Sc1ccccc1. The van der Waals surface area contributed by atoms with E-state index in [-0.39, 0.29) is 0 Å². The minimum absolute atomic E-state index is 0.728. The van der Waals surface area contributed by atoms with Gasteiger partial charge in [0.25, 0.3) is 0 Å². The fraction of sp³-hybridized carbons (Fsp3) is 0. The van der Waals surface area contributed by atoms with Crippen molar-refractivity contribution in [1.82, 2.24) is 0 Å². The van der Waals surface area contributed by atoms with Crippen molar-refractivity contribution in [2.24, 2.45) is 0 Å². The average molecular weight is 217 g/mol. The second kappa shape index (κ2) is 4.87. The molecule has 0 saturated heterocycles. The molecule has 2 nitrogen and oxygen atoms in total. The zero-order chi connectivity index (χ0) is 10.5. The summed E-state index contributed by atoms with van der Waals surface area (Å²) in [6, 6.07) is 17.7. The number of hydrogen-bond acceptors (Lipinski definition) is 3. The molecule has 3 heteroatoms. The predicted octanol–water partition coefficient (Wildman–Crippen LogP) is 3.64. The Balaban J connectivity index is 2.24. The third-order valence-electron chi connectivity index (χ3n) is 1.98. The van der Waals surface area contributed by atoms with Crippen LogP contribution >= 0.6 is 11.8 Å². The van der Waals surface area contributed by atoms with Crippen molar-refractivity contribution in [2.75, 3.05) is 5.48 Å². The molecule has 0 spiro atoms. The van der Waals surface area contributed by atoms with Crippen molar-refractivity contribution in [3.05, 3.63) is 54.6 Å². The number of anilines is 1. The van der Waals surface area contributed by atoms with Gasteiger partial charge in [-0.25, -0.2) is 0 Å². The van der Waals surface area contributed by atoms with Gasteiger partial charge in [-0.2, -0.15) is 0 Å². The minimum atomic E-state index is 0.728. The zero-order valence-corrected chi connectivity index (χ0v) is 8.87. The summed E-state index contributed by atoms with van der Waals surface area (Å²) in [4.78, 5) is 2.16.